The number of ether oxygens (including phenoxy) is 1. The minimum atomic E-state index is -0.0626. The summed E-state index contributed by atoms with van der Waals surface area (Å²) in [4.78, 5) is 36.3. The zero-order valence-electron chi connectivity index (χ0n) is 18.5. The van der Waals surface area contributed by atoms with E-state index in [4.69, 9.17) is 14.7 Å². The van der Waals surface area contributed by atoms with E-state index in [9.17, 15) is 9.59 Å². The number of rotatable bonds is 7. The van der Waals surface area contributed by atoms with Crippen LogP contribution in [0.25, 0.3) is 0 Å². The Hall–Kier alpha value is -2.96. The number of amides is 2. The summed E-state index contributed by atoms with van der Waals surface area (Å²) in [6.45, 7) is 5.81. The Kier molecular flexibility index (Phi) is 6.20. The number of nitrogens with one attached hydrogen (secondary N) is 1. The first kappa shape index (κ1) is 21.3. The molecule has 0 spiro atoms. The fraction of sp³-hybridized carbons (Fsp3) is 0.500. The highest BCUT2D eigenvalue weighted by molar-refractivity contribution is 5.81. The van der Waals surface area contributed by atoms with Crippen molar-refractivity contribution in [3.05, 3.63) is 52.6 Å². The first-order chi connectivity index (χ1) is 14.9. The van der Waals surface area contributed by atoms with Crippen LogP contribution in [0.4, 0.5) is 0 Å². The van der Waals surface area contributed by atoms with Crippen molar-refractivity contribution in [1.82, 2.24) is 20.2 Å². The molecule has 4 rings (SSSR count). The van der Waals surface area contributed by atoms with Crippen molar-refractivity contribution in [2.75, 3.05) is 20.2 Å². The second-order valence-electron chi connectivity index (χ2n) is 8.58. The predicted octanol–water partition coefficient (Wildman–Crippen LogP) is 2.69. The summed E-state index contributed by atoms with van der Waals surface area (Å²) in [5.41, 5.74) is 3.53. The lowest BCUT2D eigenvalue weighted by Crippen LogP contribution is -2.30. The van der Waals surface area contributed by atoms with Crippen LogP contribution in [0.3, 0.4) is 0 Å². The number of benzene rings is 1. The van der Waals surface area contributed by atoms with Crippen LogP contribution in [0.2, 0.25) is 0 Å². The number of methoxy groups -OCH3 is 1. The largest absolute Gasteiger partial charge is 0.497 e. The molecule has 7 heteroatoms. The van der Waals surface area contributed by atoms with Crippen LogP contribution >= 0.6 is 0 Å². The van der Waals surface area contributed by atoms with Gasteiger partial charge in [0.05, 0.1) is 13.5 Å². The Labute approximate surface area is 183 Å². The van der Waals surface area contributed by atoms with E-state index in [0.717, 1.165) is 59.9 Å². The lowest BCUT2D eigenvalue weighted by atomic mass is 10.0. The van der Waals surface area contributed by atoms with E-state index in [-0.39, 0.29) is 24.2 Å². The summed E-state index contributed by atoms with van der Waals surface area (Å²) in [5.74, 6) is 2.22. The average Bonchev–Trinajstić information content (AvgIpc) is 3.50. The molecule has 1 N–H and O–H groups in total. The number of carbonyl (C=O) groups is 2. The Balaban J connectivity index is 1.36. The molecule has 1 saturated carbocycles. The smallest absolute Gasteiger partial charge is 0.225 e. The molecule has 7 nitrogen and oxygen atoms in total. The molecule has 1 aromatic carbocycles. The molecular weight excluding hydrogens is 392 g/mol. The first-order valence-corrected chi connectivity index (χ1v) is 11.0. The molecule has 1 aliphatic heterocycles. The summed E-state index contributed by atoms with van der Waals surface area (Å²) in [5, 5.41) is 2.96. The van der Waals surface area contributed by atoms with Crippen LogP contribution in [-0.4, -0.2) is 46.9 Å². The van der Waals surface area contributed by atoms with Crippen LogP contribution in [0.1, 0.15) is 53.5 Å². The van der Waals surface area contributed by atoms with E-state index < -0.39 is 0 Å². The molecule has 2 heterocycles. The zero-order chi connectivity index (χ0) is 22.0. The molecule has 2 aliphatic rings. The molecule has 31 heavy (non-hydrogen) atoms. The predicted molar refractivity (Wildman–Crippen MR) is 117 cm³/mol. The van der Waals surface area contributed by atoms with Crippen molar-refractivity contribution >= 4 is 11.8 Å². The fourth-order valence-electron chi connectivity index (χ4n) is 4.17. The van der Waals surface area contributed by atoms with Gasteiger partial charge in [0.2, 0.25) is 11.8 Å². The van der Waals surface area contributed by atoms with Gasteiger partial charge in [0, 0.05) is 48.4 Å². The summed E-state index contributed by atoms with van der Waals surface area (Å²) in [7, 11) is 1.63. The minimum absolute atomic E-state index is 0.0626. The first-order valence-electron chi connectivity index (χ1n) is 11.0. The number of aromatic nitrogens is 2. The Bertz CT molecular complexity index is 964. The molecule has 2 fully saturated rings. The van der Waals surface area contributed by atoms with E-state index in [1.807, 2.05) is 43.0 Å². The number of nitrogens with zero attached hydrogens (tertiary/aromatic N) is 3. The quantitative estimate of drug-likeness (QED) is 0.742. The molecule has 1 saturated heterocycles. The monoisotopic (exact) mass is 422 g/mol. The normalized spacial score (nSPS) is 18.2. The maximum absolute atomic E-state index is 12.5. The summed E-state index contributed by atoms with van der Waals surface area (Å²) in [6.07, 6.45) is 3.21. The van der Waals surface area contributed by atoms with Gasteiger partial charge in [-0.1, -0.05) is 12.1 Å². The minimum Gasteiger partial charge on any atom is -0.497 e. The van der Waals surface area contributed by atoms with Crippen molar-refractivity contribution in [2.45, 2.75) is 52.0 Å². The molecule has 0 bridgehead atoms. The maximum atomic E-state index is 12.5. The Morgan fingerprint density at radius 2 is 1.90 bits per heavy atom. The SMILES string of the molecule is COc1cccc(CNC(=O)Cc2c(C)nc([C@H]3CCN(C(=O)C4CC4)C3)nc2C)c1. The highest BCUT2D eigenvalue weighted by Gasteiger charge is 2.37. The lowest BCUT2D eigenvalue weighted by Gasteiger charge is -2.17. The van der Waals surface area contributed by atoms with E-state index in [1.54, 1.807) is 7.11 Å². The maximum Gasteiger partial charge on any atom is 0.225 e. The molecule has 2 aromatic rings. The van der Waals surface area contributed by atoms with Gasteiger partial charge in [0.15, 0.2) is 0 Å². The van der Waals surface area contributed by atoms with Crippen LogP contribution in [0.5, 0.6) is 5.75 Å². The number of hydrogen-bond acceptors (Lipinski definition) is 5. The molecule has 2 amide bonds. The van der Waals surface area contributed by atoms with Gasteiger partial charge in [-0.15, -0.1) is 0 Å². The van der Waals surface area contributed by atoms with Crippen molar-refractivity contribution in [1.29, 1.82) is 0 Å². The average molecular weight is 423 g/mol. The van der Waals surface area contributed by atoms with Gasteiger partial charge in [-0.3, -0.25) is 9.59 Å². The van der Waals surface area contributed by atoms with Gasteiger partial charge >= 0.3 is 0 Å². The molecule has 1 aromatic heterocycles. The van der Waals surface area contributed by atoms with E-state index in [1.165, 1.54) is 0 Å². The third kappa shape index (κ3) is 5.03. The second-order valence-corrected chi connectivity index (χ2v) is 8.58. The topological polar surface area (TPSA) is 84.4 Å². The van der Waals surface area contributed by atoms with Gasteiger partial charge in [-0.25, -0.2) is 9.97 Å². The Morgan fingerprint density at radius 1 is 1.16 bits per heavy atom. The van der Waals surface area contributed by atoms with Crippen molar-refractivity contribution in [3.63, 3.8) is 0 Å². The van der Waals surface area contributed by atoms with Gasteiger partial charge in [0.25, 0.3) is 0 Å². The third-order valence-electron chi connectivity index (χ3n) is 6.19. The lowest BCUT2D eigenvalue weighted by molar-refractivity contribution is -0.131. The third-order valence-corrected chi connectivity index (χ3v) is 6.19. The van der Waals surface area contributed by atoms with Crippen LogP contribution in [0, 0.1) is 19.8 Å². The zero-order valence-corrected chi connectivity index (χ0v) is 18.5. The number of aryl methyl sites for hydroxylation is 2. The Morgan fingerprint density at radius 3 is 2.58 bits per heavy atom. The number of carbonyl (C=O) groups excluding carboxylic acids is 2. The van der Waals surface area contributed by atoms with Crippen LogP contribution < -0.4 is 10.1 Å². The summed E-state index contributed by atoms with van der Waals surface area (Å²) in [6, 6.07) is 7.65. The van der Waals surface area contributed by atoms with Crippen LogP contribution in [-0.2, 0) is 22.6 Å². The number of hydrogen-bond donors (Lipinski definition) is 1. The molecule has 164 valence electrons. The highest BCUT2D eigenvalue weighted by Crippen LogP contribution is 2.34. The second kappa shape index (κ2) is 9.04. The van der Waals surface area contributed by atoms with Crippen molar-refractivity contribution < 1.29 is 14.3 Å². The molecule has 1 atom stereocenters. The van der Waals surface area contributed by atoms with Gasteiger partial charge in [-0.2, -0.15) is 0 Å². The number of likely N-dealkylation sites (tertiary alicyclic amines) is 1. The van der Waals surface area contributed by atoms with Gasteiger partial charge < -0.3 is 15.0 Å². The van der Waals surface area contributed by atoms with E-state index >= 15 is 0 Å². The molecule has 0 radical (unpaired) electrons. The van der Waals surface area contributed by atoms with E-state index in [0.29, 0.717) is 19.0 Å². The highest BCUT2D eigenvalue weighted by atomic mass is 16.5. The van der Waals surface area contributed by atoms with Gasteiger partial charge in [-0.05, 0) is 50.8 Å². The van der Waals surface area contributed by atoms with Crippen LogP contribution in [0.15, 0.2) is 24.3 Å². The standard InChI is InChI=1S/C24H30N4O3/c1-15-21(12-22(29)25-13-17-5-4-6-20(11-17)31-3)16(2)27-23(26-15)19-9-10-28(14-19)24(30)18-7-8-18/h4-6,11,18-19H,7-10,12-14H2,1-3H3,(H,25,29)/t19-/m0/s1. The molecule has 1 aliphatic carbocycles. The fourth-order valence-corrected chi connectivity index (χ4v) is 4.17. The molecule has 0 unspecified atom stereocenters. The van der Waals surface area contributed by atoms with E-state index in [2.05, 4.69) is 5.32 Å². The van der Waals surface area contributed by atoms with Gasteiger partial charge in [0.1, 0.15) is 11.6 Å². The van der Waals surface area contributed by atoms with Crippen molar-refractivity contribution in [3.8, 4) is 5.75 Å². The molecular formula is C24H30N4O3. The van der Waals surface area contributed by atoms with Crippen molar-refractivity contribution in [2.24, 2.45) is 5.92 Å². The summed E-state index contributed by atoms with van der Waals surface area (Å²) < 4.78 is 5.23. The summed E-state index contributed by atoms with van der Waals surface area (Å²) >= 11 is 0.